The predicted molar refractivity (Wildman–Crippen MR) is 95.9 cm³/mol. The lowest BCUT2D eigenvalue weighted by atomic mass is 10.1. The van der Waals surface area contributed by atoms with Crippen molar-refractivity contribution in [2.45, 2.75) is 25.4 Å². The van der Waals surface area contributed by atoms with Crippen molar-refractivity contribution in [3.63, 3.8) is 0 Å². The number of carboxylic acids is 1. The quantitative estimate of drug-likeness (QED) is 0.757. The number of carbonyl (C=O) groups excluding carboxylic acids is 1. The molecule has 1 aromatic heterocycles. The summed E-state index contributed by atoms with van der Waals surface area (Å²) in [6, 6.07) is 10.4. The number of nitrogens with one attached hydrogen (secondary N) is 2. The van der Waals surface area contributed by atoms with Crippen LogP contribution in [0.1, 0.15) is 28.8 Å². The fourth-order valence-corrected chi connectivity index (χ4v) is 2.87. The Bertz CT molecular complexity index is 743. The molecule has 0 saturated carbocycles. The molecule has 0 bridgehead atoms. The Balaban J connectivity index is 1.42. The average Bonchev–Trinajstić information content (AvgIpc) is 2.68. The molecule has 1 fully saturated rings. The monoisotopic (exact) mass is 355 g/mol. The highest BCUT2D eigenvalue weighted by atomic mass is 16.4. The number of urea groups is 1. The number of carbonyl (C=O) groups is 2. The van der Waals surface area contributed by atoms with Gasteiger partial charge in [0.25, 0.3) is 0 Å². The maximum absolute atomic E-state index is 12.3. The van der Waals surface area contributed by atoms with Crippen molar-refractivity contribution in [1.82, 2.24) is 20.4 Å². The Hall–Kier alpha value is -3.16. The normalized spacial score (nSPS) is 14.7. The third-order valence-electron chi connectivity index (χ3n) is 4.35. The summed E-state index contributed by atoms with van der Waals surface area (Å²) in [4.78, 5) is 24.9. The van der Waals surface area contributed by atoms with Crippen LogP contribution < -0.4 is 10.6 Å². The maximum atomic E-state index is 12.3. The molecule has 0 radical (unpaired) electrons. The number of hydrogen-bond acceptors (Lipinski definition) is 5. The molecular formula is C18H21N5O3. The zero-order chi connectivity index (χ0) is 18.4. The van der Waals surface area contributed by atoms with Crippen LogP contribution in [0.25, 0.3) is 0 Å². The first kappa shape index (κ1) is 17.7. The van der Waals surface area contributed by atoms with Crippen LogP contribution in [0.5, 0.6) is 0 Å². The van der Waals surface area contributed by atoms with Crippen LogP contribution in [0.2, 0.25) is 0 Å². The molecule has 3 rings (SSSR count). The Kier molecular flexibility index (Phi) is 5.62. The van der Waals surface area contributed by atoms with Gasteiger partial charge < -0.3 is 20.6 Å². The van der Waals surface area contributed by atoms with Gasteiger partial charge in [-0.1, -0.05) is 12.1 Å². The van der Waals surface area contributed by atoms with Crippen LogP contribution in [0.15, 0.2) is 42.6 Å². The molecule has 0 aliphatic carbocycles. The van der Waals surface area contributed by atoms with E-state index in [9.17, 15) is 9.59 Å². The van der Waals surface area contributed by atoms with Crippen molar-refractivity contribution in [2.24, 2.45) is 0 Å². The summed E-state index contributed by atoms with van der Waals surface area (Å²) in [5, 5.41) is 23.0. The molecule has 2 aromatic rings. The first-order chi connectivity index (χ1) is 12.6. The molecule has 1 aliphatic heterocycles. The molecule has 0 unspecified atom stereocenters. The number of rotatable bonds is 5. The molecule has 0 atom stereocenters. The summed E-state index contributed by atoms with van der Waals surface area (Å²) < 4.78 is 0. The van der Waals surface area contributed by atoms with Crippen LogP contribution in [0.4, 0.5) is 10.6 Å². The van der Waals surface area contributed by atoms with Crippen LogP contribution in [-0.4, -0.2) is 51.3 Å². The topological polar surface area (TPSA) is 107 Å². The molecule has 0 spiro atoms. The number of anilines is 1. The van der Waals surface area contributed by atoms with Crippen LogP contribution in [0, 0.1) is 0 Å². The first-order valence-corrected chi connectivity index (χ1v) is 8.51. The number of piperidine rings is 1. The molecular weight excluding hydrogens is 334 g/mol. The summed E-state index contributed by atoms with van der Waals surface area (Å²) in [6.07, 6.45) is 3.32. The lowest BCUT2D eigenvalue weighted by Gasteiger charge is -2.32. The fraction of sp³-hybridized carbons (Fsp3) is 0.333. The smallest absolute Gasteiger partial charge is 0.335 e. The lowest BCUT2D eigenvalue weighted by molar-refractivity contribution is 0.0697. The molecule has 3 N–H and O–H groups in total. The Labute approximate surface area is 151 Å². The molecule has 2 amide bonds. The minimum Gasteiger partial charge on any atom is -0.478 e. The van der Waals surface area contributed by atoms with Gasteiger partial charge in [0.15, 0.2) is 0 Å². The molecule has 1 aromatic carbocycles. The Morgan fingerprint density at radius 1 is 1.15 bits per heavy atom. The zero-order valence-corrected chi connectivity index (χ0v) is 14.3. The number of hydrogen-bond donors (Lipinski definition) is 3. The van der Waals surface area contributed by atoms with Gasteiger partial charge in [-0.05, 0) is 42.7 Å². The first-order valence-electron chi connectivity index (χ1n) is 8.51. The largest absolute Gasteiger partial charge is 0.478 e. The van der Waals surface area contributed by atoms with Crippen molar-refractivity contribution in [3.8, 4) is 0 Å². The SMILES string of the molecule is O=C(O)c1ccc(CNC(=O)N2CCC(Nc3cccnn3)CC2)cc1. The van der Waals surface area contributed by atoms with Crippen molar-refractivity contribution in [3.05, 3.63) is 53.7 Å². The van der Waals surface area contributed by atoms with Crippen molar-refractivity contribution < 1.29 is 14.7 Å². The Morgan fingerprint density at radius 2 is 1.88 bits per heavy atom. The average molecular weight is 355 g/mol. The lowest BCUT2D eigenvalue weighted by Crippen LogP contribution is -2.46. The predicted octanol–water partition coefficient (Wildman–Crippen LogP) is 1.96. The number of likely N-dealkylation sites (tertiary alicyclic amines) is 1. The molecule has 2 heterocycles. The van der Waals surface area contributed by atoms with E-state index >= 15 is 0 Å². The van der Waals surface area contributed by atoms with Gasteiger partial charge >= 0.3 is 12.0 Å². The number of aromatic nitrogens is 2. The molecule has 8 heteroatoms. The van der Waals surface area contributed by atoms with Gasteiger partial charge in [-0.3, -0.25) is 0 Å². The van der Waals surface area contributed by atoms with Gasteiger partial charge in [-0.25, -0.2) is 9.59 Å². The fourth-order valence-electron chi connectivity index (χ4n) is 2.87. The summed E-state index contributed by atoms with van der Waals surface area (Å²) in [5.74, 6) is -0.209. The van der Waals surface area contributed by atoms with E-state index < -0.39 is 5.97 Å². The number of carboxylic acid groups (broad SMARTS) is 1. The summed E-state index contributed by atoms with van der Waals surface area (Å²) in [5.41, 5.74) is 1.10. The molecule has 1 aliphatic rings. The van der Waals surface area contributed by atoms with Gasteiger partial charge in [0.1, 0.15) is 5.82 Å². The number of amides is 2. The van der Waals surface area contributed by atoms with E-state index in [-0.39, 0.29) is 17.6 Å². The summed E-state index contributed by atoms with van der Waals surface area (Å²) in [6.45, 7) is 1.71. The number of aromatic carboxylic acids is 1. The number of nitrogens with zero attached hydrogens (tertiary/aromatic N) is 3. The van der Waals surface area contributed by atoms with E-state index in [0.29, 0.717) is 19.6 Å². The van der Waals surface area contributed by atoms with E-state index in [4.69, 9.17) is 5.11 Å². The van der Waals surface area contributed by atoms with Crippen LogP contribution in [0.3, 0.4) is 0 Å². The molecule has 1 saturated heterocycles. The van der Waals surface area contributed by atoms with Crippen LogP contribution in [-0.2, 0) is 6.54 Å². The third kappa shape index (κ3) is 4.69. The van der Waals surface area contributed by atoms with E-state index in [1.54, 1.807) is 23.2 Å². The van der Waals surface area contributed by atoms with Crippen molar-refractivity contribution >= 4 is 17.8 Å². The molecule has 136 valence electrons. The number of benzene rings is 1. The van der Waals surface area contributed by atoms with E-state index in [2.05, 4.69) is 20.8 Å². The van der Waals surface area contributed by atoms with Crippen LogP contribution >= 0.6 is 0 Å². The van der Waals surface area contributed by atoms with Gasteiger partial charge in [-0.15, -0.1) is 5.10 Å². The van der Waals surface area contributed by atoms with Gasteiger partial charge in [0.05, 0.1) is 5.56 Å². The van der Waals surface area contributed by atoms with Gasteiger partial charge in [0, 0.05) is 31.9 Å². The second-order valence-electron chi connectivity index (χ2n) is 6.18. The molecule has 8 nitrogen and oxygen atoms in total. The van der Waals surface area contributed by atoms with E-state index in [1.165, 1.54) is 12.1 Å². The van der Waals surface area contributed by atoms with E-state index in [1.807, 2.05) is 12.1 Å². The molecule has 26 heavy (non-hydrogen) atoms. The van der Waals surface area contributed by atoms with Gasteiger partial charge in [0.2, 0.25) is 0 Å². The zero-order valence-electron chi connectivity index (χ0n) is 14.3. The minimum atomic E-state index is -0.960. The van der Waals surface area contributed by atoms with Crippen molar-refractivity contribution in [2.75, 3.05) is 18.4 Å². The summed E-state index contributed by atoms with van der Waals surface area (Å²) >= 11 is 0. The standard InChI is InChI=1S/C18H21N5O3/c24-17(25)14-5-3-13(4-6-14)12-19-18(26)23-10-7-15(8-11-23)21-16-2-1-9-20-22-16/h1-6,9,15H,7-8,10-12H2,(H,19,26)(H,21,22)(H,24,25). The van der Waals surface area contributed by atoms with Crippen molar-refractivity contribution in [1.29, 1.82) is 0 Å². The minimum absolute atomic E-state index is 0.106. The highest BCUT2D eigenvalue weighted by Crippen LogP contribution is 2.15. The second kappa shape index (κ2) is 8.28. The highest BCUT2D eigenvalue weighted by molar-refractivity contribution is 5.87. The highest BCUT2D eigenvalue weighted by Gasteiger charge is 2.22. The third-order valence-corrected chi connectivity index (χ3v) is 4.35. The van der Waals surface area contributed by atoms with E-state index in [0.717, 1.165) is 24.2 Å². The van der Waals surface area contributed by atoms with Gasteiger partial charge in [-0.2, -0.15) is 5.10 Å². The Morgan fingerprint density at radius 3 is 2.50 bits per heavy atom. The maximum Gasteiger partial charge on any atom is 0.335 e. The summed E-state index contributed by atoms with van der Waals surface area (Å²) in [7, 11) is 0. The second-order valence-corrected chi connectivity index (χ2v) is 6.18.